The molecule has 0 saturated carbocycles. The Labute approximate surface area is 245 Å². The summed E-state index contributed by atoms with van der Waals surface area (Å²) in [7, 11) is 1.42. The molecule has 1 atom stereocenters. The van der Waals surface area contributed by atoms with E-state index in [1.54, 1.807) is 0 Å². The van der Waals surface area contributed by atoms with Crippen LogP contribution in [0.3, 0.4) is 0 Å². The van der Waals surface area contributed by atoms with Gasteiger partial charge in [0.15, 0.2) is 18.1 Å². The minimum Gasteiger partial charge on any atom is -0.493 e. The van der Waals surface area contributed by atoms with E-state index in [2.05, 4.69) is 15.8 Å². The van der Waals surface area contributed by atoms with Crippen molar-refractivity contribution in [3.63, 3.8) is 0 Å². The molecule has 0 unspecified atom stereocenters. The van der Waals surface area contributed by atoms with Crippen molar-refractivity contribution in [1.82, 2.24) is 10.7 Å². The Bertz CT molecular complexity index is 1400. The molecular formula is C31H36N4O7. The van der Waals surface area contributed by atoms with Gasteiger partial charge in [0.2, 0.25) is 0 Å². The second-order valence-corrected chi connectivity index (χ2v) is 10.1. The fraction of sp³-hybridized carbons (Fsp3) is 0.323. The quantitative estimate of drug-likeness (QED) is 0.159. The molecule has 0 aliphatic rings. The number of nitrogens with zero attached hydrogens (tertiary/aromatic N) is 2. The van der Waals surface area contributed by atoms with Crippen molar-refractivity contribution < 1.29 is 28.7 Å². The number of rotatable bonds is 14. The number of benzene rings is 3. The van der Waals surface area contributed by atoms with Gasteiger partial charge in [-0.05, 0) is 48.9 Å². The normalized spacial score (nSPS) is 11.7. The summed E-state index contributed by atoms with van der Waals surface area (Å²) in [6.45, 7) is 7.54. The number of hydrogen-bond acceptors (Lipinski definition) is 8. The van der Waals surface area contributed by atoms with Crippen molar-refractivity contribution >= 4 is 23.7 Å². The molecule has 0 aromatic heterocycles. The first kappa shape index (κ1) is 31.6. The van der Waals surface area contributed by atoms with Gasteiger partial charge < -0.3 is 19.5 Å². The number of aryl methyl sites for hydroxylation is 2. The zero-order valence-corrected chi connectivity index (χ0v) is 24.4. The van der Waals surface area contributed by atoms with Crippen molar-refractivity contribution in [3.05, 3.63) is 93.0 Å². The highest BCUT2D eigenvalue weighted by Crippen LogP contribution is 2.34. The van der Waals surface area contributed by atoms with Crippen LogP contribution in [-0.4, -0.2) is 42.7 Å². The topological polar surface area (TPSA) is 141 Å². The summed E-state index contributed by atoms with van der Waals surface area (Å²) < 4.78 is 16.9. The fourth-order valence-corrected chi connectivity index (χ4v) is 4.18. The van der Waals surface area contributed by atoms with Crippen LogP contribution in [0.25, 0.3) is 0 Å². The van der Waals surface area contributed by atoms with E-state index >= 15 is 0 Å². The van der Waals surface area contributed by atoms with Gasteiger partial charge in [-0.3, -0.25) is 19.7 Å². The van der Waals surface area contributed by atoms with E-state index in [-0.39, 0.29) is 41.9 Å². The number of hydrogen-bond donors (Lipinski definition) is 2. The van der Waals surface area contributed by atoms with Crippen molar-refractivity contribution in [2.45, 2.75) is 46.8 Å². The number of amides is 2. The van der Waals surface area contributed by atoms with Gasteiger partial charge in [-0.15, -0.1) is 0 Å². The summed E-state index contributed by atoms with van der Waals surface area (Å²) in [5.74, 6) is 0.121. The van der Waals surface area contributed by atoms with Gasteiger partial charge in [0.1, 0.15) is 18.4 Å². The minimum atomic E-state index is -0.894. The zero-order chi connectivity index (χ0) is 30.6. The van der Waals surface area contributed by atoms with Crippen LogP contribution in [0.15, 0.2) is 65.8 Å². The van der Waals surface area contributed by atoms with Crippen molar-refractivity contribution in [1.29, 1.82) is 0 Å². The van der Waals surface area contributed by atoms with Crippen LogP contribution in [0, 0.1) is 29.9 Å². The van der Waals surface area contributed by atoms with Crippen LogP contribution in [-0.2, 0) is 16.2 Å². The number of hydrazone groups is 1. The third kappa shape index (κ3) is 9.05. The Morgan fingerprint density at radius 3 is 2.31 bits per heavy atom. The molecule has 0 aliphatic carbocycles. The van der Waals surface area contributed by atoms with Crippen LogP contribution in [0.4, 0.5) is 5.69 Å². The van der Waals surface area contributed by atoms with Crippen molar-refractivity contribution in [3.8, 4) is 17.2 Å². The molecule has 2 N–H and O–H groups in total. The van der Waals surface area contributed by atoms with Gasteiger partial charge in [-0.2, -0.15) is 5.10 Å². The third-order valence-corrected chi connectivity index (χ3v) is 6.24. The first-order chi connectivity index (χ1) is 20.1. The predicted molar refractivity (Wildman–Crippen MR) is 159 cm³/mol. The summed E-state index contributed by atoms with van der Waals surface area (Å²) in [6, 6.07) is 16.8. The average molecular weight is 577 g/mol. The summed E-state index contributed by atoms with van der Waals surface area (Å²) in [6.07, 6.45) is 1.50. The Morgan fingerprint density at radius 2 is 1.69 bits per heavy atom. The number of para-hydroxylation sites is 1. The second kappa shape index (κ2) is 15.2. The first-order valence-corrected chi connectivity index (χ1v) is 13.4. The van der Waals surface area contributed by atoms with E-state index in [1.807, 2.05) is 76.2 Å². The SMILES string of the molecule is COc1cc(/C=N\NC(=O)[C@H](CC(C)C)NC(=O)COc2c(C)cccc2C)c([N+](=O)[O-])cc1OCc1ccccc1. The smallest absolute Gasteiger partial charge is 0.282 e. The van der Waals surface area contributed by atoms with Crippen LogP contribution in [0.1, 0.15) is 42.5 Å². The van der Waals surface area contributed by atoms with Gasteiger partial charge in [-0.1, -0.05) is 62.4 Å². The molecular weight excluding hydrogens is 540 g/mol. The lowest BCUT2D eigenvalue weighted by Gasteiger charge is -2.19. The number of nitrogens with one attached hydrogen (secondary N) is 2. The molecule has 2 amide bonds. The lowest BCUT2D eigenvalue weighted by molar-refractivity contribution is -0.385. The van der Waals surface area contributed by atoms with Crippen LogP contribution in [0.2, 0.25) is 0 Å². The minimum absolute atomic E-state index is 0.0818. The molecule has 11 nitrogen and oxygen atoms in total. The van der Waals surface area contributed by atoms with Gasteiger partial charge in [0.05, 0.1) is 29.9 Å². The molecule has 0 spiro atoms. The molecule has 0 heterocycles. The maximum absolute atomic E-state index is 12.9. The van der Waals surface area contributed by atoms with Crippen molar-refractivity contribution in [2.75, 3.05) is 13.7 Å². The fourth-order valence-electron chi connectivity index (χ4n) is 4.18. The average Bonchev–Trinajstić information content (AvgIpc) is 2.95. The van der Waals surface area contributed by atoms with Crippen LogP contribution in [0.5, 0.6) is 17.2 Å². The second-order valence-electron chi connectivity index (χ2n) is 10.1. The summed E-state index contributed by atoms with van der Waals surface area (Å²) in [5.41, 5.74) is 4.87. The van der Waals surface area contributed by atoms with E-state index < -0.39 is 22.8 Å². The Morgan fingerprint density at radius 1 is 1.00 bits per heavy atom. The molecule has 3 aromatic rings. The number of carbonyl (C=O) groups excluding carboxylic acids is 2. The molecule has 0 aliphatic heterocycles. The molecule has 0 radical (unpaired) electrons. The molecule has 3 rings (SSSR count). The van der Waals surface area contributed by atoms with E-state index in [4.69, 9.17) is 14.2 Å². The maximum Gasteiger partial charge on any atom is 0.282 e. The summed E-state index contributed by atoms with van der Waals surface area (Å²) >= 11 is 0. The Kier molecular flexibility index (Phi) is 11.4. The molecule has 0 fully saturated rings. The van der Waals surface area contributed by atoms with E-state index in [1.165, 1.54) is 19.2 Å². The van der Waals surface area contributed by atoms with E-state index in [9.17, 15) is 19.7 Å². The van der Waals surface area contributed by atoms with Crippen molar-refractivity contribution in [2.24, 2.45) is 11.0 Å². The lowest BCUT2D eigenvalue weighted by atomic mass is 10.0. The van der Waals surface area contributed by atoms with E-state index in [0.29, 0.717) is 12.2 Å². The van der Waals surface area contributed by atoms with Gasteiger partial charge in [0.25, 0.3) is 17.5 Å². The number of ether oxygens (including phenoxy) is 3. The number of nitro groups is 1. The first-order valence-electron chi connectivity index (χ1n) is 13.4. The number of nitro benzene ring substituents is 1. The molecule has 0 bridgehead atoms. The monoisotopic (exact) mass is 576 g/mol. The largest absolute Gasteiger partial charge is 0.493 e. The zero-order valence-electron chi connectivity index (χ0n) is 24.4. The summed E-state index contributed by atoms with van der Waals surface area (Å²) in [5, 5.41) is 18.4. The molecule has 11 heteroatoms. The maximum atomic E-state index is 12.9. The third-order valence-electron chi connectivity index (χ3n) is 6.24. The number of carbonyl (C=O) groups is 2. The molecule has 222 valence electrons. The van der Waals surface area contributed by atoms with Crippen LogP contribution >= 0.6 is 0 Å². The number of methoxy groups -OCH3 is 1. The Hall–Kier alpha value is -4.93. The van der Waals surface area contributed by atoms with Gasteiger partial charge in [-0.25, -0.2) is 5.43 Å². The predicted octanol–water partition coefficient (Wildman–Crippen LogP) is 4.86. The van der Waals surface area contributed by atoms with Gasteiger partial charge in [0, 0.05) is 0 Å². The summed E-state index contributed by atoms with van der Waals surface area (Å²) in [4.78, 5) is 36.8. The van der Waals surface area contributed by atoms with E-state index in [0.717, 1.165) is 22.9 Å². The molecule has 3 aromatic carbocycles. The standard InChI is InChI=1S/C31H36N4O7/c1-20(2)14-25(33-29(36)19-42-30-21(3)10-9-11-22(30)4)31(37)34-32-17-24-15-27(40-5)28(16-26(24)35(38)39)41-18-23-12-7-6-8-13-23/h6-13,15-17,20,25H,14,18-19H2,1-5H3,(H,33,36)(H,34,37)/b32-17-/t25-/m0/s1. The molecule has 42 heavy (non-hydrogen) atoms. The highest BCUT2D eigenvalue weighted by atomic mass is 16.6. The lowest BCUT2D eigenvalue weighted by Crippen LogP contribution is -2.47. The highest BCUT2D eigenvalue weighted by Gasteiger charge is 2.23. The Balaban J connectivity index is 1.69. The van der Waals surface area contributed by atoms with Crippen LogP contribution < -0.4 is 25.0 Å². The molecule has 0 saturated heterocycles. The highest BCUT2D eigenvalue weighted by molar-refractivity contribution is 5.90. The van der Waals surface area contributed by atoms with Gasteiger partial charge >= 0.3 is 0 Å².